The van der Waals surface area contributed by atoms with Gasteiger partial charge < -0.3 is 0 Å². The van der Waals surface area contributed by atoms with Crippen molar-refractivity contribution >= 4 is 44.3 Å². The lowest BCUT2D eigenvalue weighted by molar-refractivity contribution is 0.102. The molecule has 0 unspecified atom stereocenters. The van der Waals surface area contributed by atoms with Gasteiger partial charge in [0.25, 0.3) is 0 Å². The number of alkyl halides is 1. The monoisotopic (exact) mass is 363 g/mol. The largest absolute Gasteiger partial charge is 0.293 e. The second kappa shape index (κ2) is 4.89. The Morgan fingerprint density at radius 2 is 2.29 bits per heavy atom. The third-order valence-corrected chi connectivity index (χ3v) is 3.26. The van der Waals surface area contributed by atoms with Crippen LogP contribution in [0, 0.1) is 21.8 Å². The highest BCUT2D eigenvalue weighted by atomic mass is 127. The molecule has 0 radical (unpaired) electrons. The van der Waals surface area contributed by atoms with Crippen LogP contribution in [0.4, 0.5) is 0 Å². The van der Waals surface area contributed by atoms with Crippen molar-refractivity contribution in [1.82, 2.24) is 0 Å². The van der Waals surface area contributed by atoms with Crippen molar-refractivity contribution in [1.29, 1.82) is 5.26 Å². The molecule has 2 nitrogen and oxygen atoms in total. The van der Waals surface area contributed by atoms with Crippen LogP contribution in [0.25, 0.3) is 0 Å². The lowest BCUT2D eigenvalue weighted by atomic mass is 10.0. The Kier molecular flexibility index (Phi) is 4.08. The number of rotatable bonds is 2. The van der Waals surface area contributed by atoms with E-state index >= 15 is 0 Å². The van der Waals surface area contributed by atoms with Gasteiger partial charge in [-0.3, -0.25) is 4.79 Å². The van der Waals surface area contributed by atoms with Crippen LogP contribution < -0.4 is 0 Å². The van der Waals surface area contributed by atoms with E-state index in [1.54, 1.807) is 12.1 Å². The number of nitriles is 1. The number of hydrogen-bond donors (Lipinski definition) is 0. The van der Waals surface area contributed by atoms with Gasteiger partial charge in [0.05, 0.1) is 17.0 Å². The molecule has 0 bridgehead atoms. The summed E-state index contributed by atoms with van der Waals surface area (Å²) in [5.74, 6) is 0.0435. The summed E-state index contributed by atoms with van der Waals surface area (Å²) in [7, 11) is 0. The van der Waals surface area contributed by atoms with E-state index in [9.17, 15) is 4.79 Å². The number of halogens is 2. The number of aryl methyl sites for hydroxylation is 1. The number of benzene rings is 1. The van der Waals surface area contributed by atoms with Gasteiger partial charge >= 0.3 is 0 Å². The molecule has 72 valence electrons. The lowest BCUT2D eigenvalue weighted by Crippen LogP contribution is -2.04. The Balaban J connectivity index is 3.30. The number of Topliss-reactive ketones (excluding diaryl/α,β-unsaturated/α-hetero) is 1. The Morgan fingerprint density at radius 1 is 1.64 bits per heavy atom. The molecule has 1 aromatic carbocycles. The normalized spacial score (nSPS) is 9.57. The molecule has 1 rings (SSSR count). The summed E-state index contributed by atoms with van der Waals surface area (Å²) >= 11 is 5.20. The summed E-state index contributed by atoms with van der Waals surface area (Å²) in [5.41, 5.74) is 2.15. The van der Waals surface area contributed by atoms with Crippen LogP contribution in [0.15, 0.2) is 12.1 Å². The fourth-order valence-electron chi connectivity index (χ4n) is 1.09. The van der Waals surface area contributed by atoms with Gasteiger partial charge in [-0.25, -0.2) is 0 Å². The topological polar surface area (TPSA) is 40.9 Å². The van der Waals surface area contributed by atoms with E-state index in [1.165, 1.54) is 0 Å². The van der Waals surface area contributed by atoms with Crippen LogP contribution in [0.2, 0.25) is 0 Å². The predicted molar refractivity (Wildman–Crippen MR) is 66.7 cm³/mol. The molecule has 0 saturated heterocycles. The van der Waals surface area contributed by atoms with E-state index in [2.05, 4.69) is 44.6 Å². The highest BCUT2D eigenvalue weighted by Gasteiger charge is 2.11. The van der Waals surface area contributed by atoms with Crippen LogP contribution in [-0.4, -0.2) is 11.1 Å². The highest BCUT2D eigenvalue weighted by Crippen LogP contribution is 2.19. The fourth-order valence-corrected chi connectivity index (χ4v) is 2.16. The molecule has 0 aliphatic heterocycles. The fraction of sp³-hybridized carbons (Fsp3) is 0.200. The van der Waals surface area contributed by atoms with Gasteiger partial charge in [-0.05, 0) is 47.2 Å². The van der Waals surface area contributed by atoms with Crippen molar-refractivity contribution in [2.75, 3.05) is 5.33 Å². The van der Waals surface area contributed by atoms with Crippen molar-refractivity contribution in [3.05, 3.63) is 32.4 Å². The number of carbonyl (C=O) groups excluding carboxylic acids is 1. The average molecular weight is 364 g/mol. The maximum atomic E-state index is 11.5. The quantitative estimate of drug-likeness (QED) is 0.460. The molecular weight excluding hydrogens is 357 g/mol. The third kappa shape index (κ3) is 2.34. The minimum Gasteiger partial charge on any atom is -0.293 e. The van der Waals surface area contributed by atoms with Crippen LogP contribution in [0.3, 0.4) is 0 Å². The van der Waals surface area contributed by atoms with Crippen molar-refractivity contribution < 1.29 is 4.79 Å². The van der Waals surface area contributed by atoms with Crippen LogP contribution >= 0.6 is 38.5 Å². The van der Waals surface area contributed by atoms with Gasteiger partial charge in [0, 0.05) is 9.13 Å². The Labute approximate surface area is 105 Å². The smallest absolute Gasteiger partial charge is 0.174 e. The number of hydrogen-bond acceptors (Lipinski definition) is 2. The molecule has 0 amide bonds. The van der Waals surface area contributed by atoms with Gasteiger partial charge in [-0.15, -0.1) is 0 Å². The molecule has 1 aromatic rings. The summed E-state index contributed by atoms with van der Waals surface area (Å²) in [4.78, 5) is 11.5. The van der Waals surface area contributed by atoms with E-state index in [0.717, 1.165) is 9.13 Å². The SMILES string of the molecule is Cc1cc(C(=O)CBr)c(I)cc1C#N. The van der Waals surface area contributed by atoms with E-state index in [1.807, 2.05) is 6.92 Å². The van der Waals surface area contributed by atoms with E-state index in [-0.39, 0.29) is 5.78 Å². The standard InChI is InChI=1S/C10H7BrINO/c1-6-2-8(10(14)4-11)9(12)3-7(6)5-13/h2-3H,4H2,1H3. The molecule has 0 aromatic heterocycles. The Hall–Kier alpha value is -0.410. The zero-order valence-electron chi connectivity index (χ0n) is 7.47. The minimum atomic E-state index is 0.0435. The van der Waals surface area contributed by atoms with Gasteiger partial charge in [0.2, 0.25) is 0 Å². The minimum absolute atomic E-state index is 0.0435. The summed E-state index contributed by atoms with van der Waals surface area (Å²) in [5, 5.41) is 9.10. The van der Waals surface area contributed by atoms with Crippen molar-refractivity contribution in [3.63, 3.8) is 0 Å². The molecule has 0 saturated carbocycles. The second-order valence-corrected chi connectivity index (χ2v) is 4.54. The second-order valence-electron chi connectivity index (χ2n) is 2.82. The van der Waals surface area contributed by atoms with E-state index in [0.29, 0.717) is 16.5 Å². The number of nitrogens with zero attached hydrogens (tertiary/aromatic N) is 1. The first-order valence-electron chi connectivity index (χ1n) is 3.89. The molecule has 4 heteroatoms. The summed E-state index contributed by atoms with van der Waals surface area (Å²) in [6, 6.07) is 5.60. The van der Waals surface area contributed by atoms with Gasteiger partial charge in [-0.2, -0.15) is 5.26 Å². The van der Waals surface area contributed by atoms with Crippen LogP contribution in [0.1, 0.15) is 21.5 Å². The molecule has 0 spiro atoms. The first-order valence-corrected chi connectivity index (χ1v) is 6.09. The third-order valence-electron chi connectivity index (χ3n) is 1.86. The van der Waals surface area contributed by atoms with E-state index in [4.69, 9.17) is 5.26 Å². The van der Waals surface area contributed by atoms with Gasteiger partial charge in [0.1, 0.15) is 0 Å². The maximum absolute atomic E-state index is 11.5. The summed E-state index contributed by atoms with van der Waals surface area (Å²) in [6.45, 7) is 1.83. The maximum Gasteiger partial charge on any atom is 0.174 e. The summed E-state index contributed by atoms with van der Waals surface area (Å²) < 4.78 is 0.828. The predicted octanol–water partition coefficient (Wildman–Crippen LogP) is 3.05. The molecule has 0 aliphatic rings. The molecule has 0 N–H and O–H groups in total. The Bertz CT molecular complexity index is 423. The summed E-state index contributed by atoms with van der Waals surface area (Å²) in [6.07, 6.45) is 0. The highest BCUT2D eigenvalue weighted by molar-refractivity contribution is 14.1. The van der Waals surface area contributed by atoms with Crippen molar-refractivity contribution in [2.45, 2.75) is 6.92 Å². The first kappa shape index (κ1) is 11.7. The molecule has 0 fully saturated rings. The van der Waals surface area contributed by atoms with Crippen molar-refractivity contribution in [3.8, 4) is 6.07 Å². The zero-order valence-corrected chi connectivity index (χ0v) is 11.2. The lowest BCUT2D eigenvalue weighted by Gasteiger charge is -2.04. The van der Waals surface area contributed by atoms with Gasteiger partial charge in [0.15, 0.2) is 5.78 Å². The Morgan fingerprint density at radius 3 is 2.79 bits per heavy atom. The van der Waals surface area contributed by atoms with E-state index < -0.39 is 0 Å². The molecule has 14 heavy (non-hydrogen) atoms. The molecule has 0 heterocycles. The number of ketones is 1. The molecule has 0 aliphatic carbocycles. The van der Waals surface area contributed by atoms with Gasteiger partial charge in [-0.1, -0.05) is 15.9 Å². The zero-order chi connectivity index (χ0) is 10.7. The average Bonchev–Trinajstić information content (AvgIpc) is 2.19. The molecule has 0 atom stereocenters. The molecular formula is C10H7BrINO. The van der Waals surface area contributed by atoms with Crippen LogP contribution in [-0.2, 0) is 0 Å². The first-order chi connectivity index (χ1) is 6.60. The number of carbonyl (C=O) groups is 1. The van der Waals surface area contributed by atoms with Crippen LogP contribution in [0.5, 0.6) is 0 Å². The van der Waals surface area contributed by atoms with Crippen molar-refractivity contribution in [2.24, 2.45) is 0 Å².